The summed E-state index contributed by atoms with van der Waals surface area (Å²) in [6.45, 7) is 1.52. The average Bonchev–Trinajstić information content (AvgIpc) is 3.25. The van der Waals surface area contributed by atoms with Crippen molar-refractivity contribution in [1.82, 2.24) is 10.2 Å². The largest absolute Gasteiger partial charge is 0.467 e. The van der Waals surface area contributed by atoms with Gasteiger partial charge in [-0.3, -0.25) is 14.4 Å². The van der Waals surface area contributed by atoms with Crippen LogP contribution < -0.4 is 10.6 Å². The highest BCUT2D eigenvalue weighted by molar-refractivity contribution is 6.33. The van der Waals surface area contributed by atoms with E-state index in [-0.39, 0.29) is 36.1 Å². The van der Waals surface area contributed by atoms with Gasteiger partial charge in [-0.1, -0.05) is 35.9 Å². The van der Waals surface area contributed by atoms with Crippen molar-refractivity contribution in [3.8, 4) is 0 Å². The van der Waals surface area contributed by atoms with E-state index in [4.69, 9.17) is 16.0 Å². The Morgan fingerprint density at radius 3 is 2.52 bits per heavy atom. The normalized spacial score (nSPS) is 10.4. The molecule has 0 aliphatic rings. The van der Waals surface area contributed by atoms with Gasteiger partial charge in [0.2, 0.25) is 11.8 Å². The average molecular weight is 440 g/mol. The van der Waals surface area contributed by atoms with E-state index in [1.807, 2.05) is 25.1 Å². The molecule has 2 aromatic carbocycles. The zero-order valence-electron chi connectivity index (χ0n) is 16.9. The first-order valence-electron chi connectivity index (χ1n) is 9.62. The Labute approximate surface area is 185 Å². The number of hydrogen-bond acceptors (Lipinski definition) is 4. The minimum atomic E-state index is -0.480. The Balaban J connectivity index is 1.62. The van der Waals surface area contributed by atoms with Crippen molar-refractivity contribution in [2.75, 3.05) is 18.4 Å². The number of amides is 3. The molecule has 7 nitrogen and oxygen atoms in total. The van der Waals surface area contributed by atoms with E-state index in [0.717, 1.165) is 5.56 Å². The van der Waals surface area contributed by atoms with Crippen LogP contribution in [-0.2, 0) is 16.1 Å². The summed E-state index contributed by atoms with van der Waals surface area (Å²) in [6.07, 6.45) is 1.49. The fraction of sp³-hybridized carbons (Fsp3) is 0.174. The van der Waals surface area contributed by atoms with Crippen LogP contribution in [0.25, 0.3) is 0 Å². The van der Waals surface area contributed by atoms with Crippen LogP contribution >= 0.6 is 11.6 Å². The molecule has 0 aliphatic heterocycles. The minimum Gasteiger partial charge on any atom is -0.467 e. The Hall–Kier alpha value is -3.58. The molecular formula is C23H22ClN3O4. The maximum Gasteiger partial charge on any atom is 0.256 e. The third-order valence-corrected chi connectivity index (χ3v) is 4.73. The maximum absolute atomic E-state index is 13.0. The molecule has 8 heteroatoms. The summed E-state index contributed by atoms with van der Waals surface area (Å²) in [5, 5.41) is 5.54. The molecule has 0 atom stereocenters. The lowest BCUT2D eigenvalue weighted by Crippen LogP contribution is -2.42. The summed E-state index contributed by atoms with van der Waals surface area (Å²) in [7, 11) is 0. The van der Waals surface area contributed by atoms with E-state index in [1.54, 1.807) is 42.5 Å². The van der Waals surface area contributed by atoms with Crippen LogP contribution in [0, 0.1) is 6.92 Å². The van der Waals surface area contributed by atoms with Crippen LogP contribution in [0.5, 0.6) is 0 Å². The van der Waals surface area contributed by atoms with Gasteiger partial charge in [0.25, 0.3) is 5.91 Å². The standard InChI is InChI=1S/C23H22ClN3O4/c1-16-6-4-7-17(12-16)26-21(28)13-25-22(29)15-27(14-18-8-5-11-31-18)23(30)19-9-2-3-10-20(19)24/h2-12H,13-15H2,1H3,(H,25,29)(H,26,28). The van der Waals surface area contributed by atoms with Crippen LogP contribution in [0.2, 0.25) is 5.02 Å². The number of hydrogen-bond donors (Lipinski definition) is 2. The van der Waals surface area contributed by atoms with Gasteiger partial charge >= 0.3 is 0 Å². The van der Waals surface area contributed by atoms with Gasteiger partial charge in [0.1, 0.15) is 12.3 Å². The summed E-state index contributed by atoms with van der Waals surface area (Å²) in [5.74, 6) is -0.743. The molecule has 160 valence electrons. The van der Waals surface area contributed by atoms with Crippen molar-refractivity contribution < 1.29 is 18.8 Å². The molecule has 0 saturated carbocycles. The second kappa shape index (κ2) is 10.4. The fourth-order valence-corrected chi connectivity index (χ4v) is 3.15. The number of anilines is 1. The second-order valence-electron chi connectivity index (χ2n) is 6.91. The molecule has 0 saturated heterocycles. The highest BCUT2D eigenvalue weighted by atomic mass is 35.5. The number of benzene rings is 2. The topological polar surface area (TPSA) is 91.7 Å². The summed E-state index contributed by atoms with van der Waals surface area (Å²) < 4.78 is 5.31. The lowest BCUT2D eigenvalue weighted by molar-refractivity contribution is -0.124. The van der Waals surface area contributed by atoms with Crippen LogP contribution in [0.3, 0.4) is 0 Å². The zero-order valence-corrected chi connectivity index (χ0v) is 17.7. The molecule has 3 rings (SSSR count). The van der Waals surface area contributed by atoms with Gasteiger partial charge in [-0.2, -0.15) is 0 Å². The molecular weight excluding hydrogens is 418 g/mol. The van der Waals surface area contributed by atoms with E-state index >= 15 is 0 Å². The lowest BCUT2D eigenvalue weighted by atomic mass is 10.2. The molecule has 0 aliphatic carbocycles. The van der Waals surface area contributed by atoms with Crippen molar-refractivity contribution in [2.45, 2.75) is 13.5 Å². The van der Waals surface area contributed by atoms with Crippen LogP contribution in [0.1, 0.15) is 21.7 Å². The summed E-state index contributed by atoms with van der Waals surface area (Å²) in [6, 6.07) is 17.4. The minimum absolute atomic E-state index is 0.0833. The predicted molar refractivity (Wildman–Crippen MR) is 118 cm³/mol. The Morgan fingerprint density at radius 1 is 1.00 bits per heavy atom. The highest BCUT2D eigenvalue weighted by Crippen LogP contribution is 2.18. The molecule has 3 amide bonds. The van der Waals surface area contributed by atoms with E-state index < -0.39 is 11.8 Å². The van der Waals surface area contributed by atoms with E-state index in [0.29, 0.717) is 11.4 Å². The molecule has 0 fully saturated rings. The Kier molecular flexibility index (Phi) is 7.45. The third-order valence-electron chi connectivity index (χ3n) is 4.40. The SMILES string of the molecule is Cc1cccc(NC(=O)CNC(=O)CN(Cc2ccco2)C(=O)c2ccccc2Cl)c1. The number of carbonyl (C=O) groups is 3. The molecule has 3 aromatic rings. The number of nitrogens with one attached hydrogen (secondary N) is 2. The van der Waals surface area contributed by atoms with Gasteiger partial charge in [0.05, 0.1) is 29.9 Å². The van der Waals surface area contributed by atoms with Crippen molar-refractivity contribution >= 4 is 35.0 Å². The van der Waals surface area contributed by atoms with Crippen molar-refractivity contribution in [3.63, 3.8) is 0 Å². The second-order valence-corrected chi connectivity index (χ2v) is 7.32. The van der Waals surface area contributed by atoms with Crippen LogP contribution in [-0.4, -0.2) is 35.7 Å². The number of furan rings is 1. The molecule has 0 bridgehead atoms. The summed E-state index contributed by atoms with van der Waals surface area (Å²) in [4.78, 5) is 38.9. The number of rotatable bonds is 8. The fourth-order valence-electron chi connectivity index (χ4n) is 2.93. The maximum atomic E-state index is 13.0. The molecule has 0 spiro atoms. The Morgan fingerprint density at radius 2 is 1.81 bits per heavy atom. The van der Waals surface area contributed by atoms with Gasteiger partial charge in [-0.05, 0) is 48.9 Å². The first kappa shape index (κ1) is 22.1. The van der Waals surface area contributed by atoms with Gasteiger partial charge in [-0.25, -0.2) is 0 Å². The summed E-state index contributed by atoms with van der Waals surface area (Å²) in [5.41, 5.74) is 1.93. The number of nitrogens with zero attached hydrogens (tertiary/aromatic N) is 1. The van der Waals surface area contributed by atoms with E-state index in [1.165, 1.54) is 11.2 Å². The van der Waals surface area contributed by atoms with Gasteiger partial charge in [-0.15, -0.1) is 0 Å². The molecule has 1 heterocycles. The Bertz CT molecular complexity index is 1070. The molecule has 0 unspecified atom stereocenters. The summed E-state index contributed by atoms with van der Waals surface area (Å²) >= 11 is 6.15. The van der Waals surface area contributed by atoms with Crippen LogP contribution in [0.15, 0.2) is 71.3 Å². The van der Waals surface area contributed by atoms with Gasteiger partial charge in [0.15, 0.2) is 0 Å². The van der Waals surface area contributed by atoms with Crippen molar-refractivity contribution in [2.24, 2.45) is 0 Å². The monoisotopic (exact) mass is 439 g/mol. The first-order chi connectivity index (χ1) is 14.9. The molecule has 1 aromatic heterocycles. The predicted octanol–water partition coefficient (Wildman–Crippen LogP) is 3.64. The molecule has 31 heavy (non-hydrogen) atoms. The van der Waals surface area contributed by atoms with Crippen LogP contribution in [0.4, 0.5) is 5.69 Å². The van der Waals surface area contributed by atoms with Crippen molar-refractivity contribution in [3.05, 3.63) is 88.8 Å². The van der Waals surface area contributed by atoms with Gasteiger partial charge < -0.3 is 20.0 Å². The van der Waals surface area contributed by atoms with Crippen molar-refractivity contribution in [1.29, 1.82) is 0 Å². The van der Waals surface area contributed by atoms with Gasteiger partial charge in [0, 0.05) is 5.69 Å². The number of halogens is 1. The van der Waals surface area contributed by atoms with E-state index in [9.17, 15) is 14.4 Å². The first-order valence-corrected chi connectivity index (χ1v) is 9.99. The molecule has 0 radical (unpaired) electrons. The zero-order chi connectivity index (χ0) is 22.2. The number of aryl methyl sites for hydroxylation is 1. The lowest BCUT2D eigenvalue weighted by Gasteiger charge is -2.21. The molecule has 2 N–H and O–H groups in total. The highest BCUT2D eigenvalue weighted by Gasteiger charge is 2.22. The quantitative estimate of drug-likeness (QED) is 0.560. The number of carbonyl (C=O) groups excluding carboxylic acids is 3. The van der Waals surface area contributed by atoms with E-state index in [2.05, 4.69) is 10.6 Å². The third kappa shape index (κ3) is 6.45. The smallest absolute Gasteiger partial charge is 0.256 e.